The topological polar surface area (TPSA) is 82.7 Å². The van der Waals surface area contributed by atoms with Gasteiger partial charge in [-0.2, -0.15) is 0 Å². The van der Waals surface area contributed by atoms with Crippen LogP contribution in [0.2, 0.25) is 5.02 Å². The van der Waals surface area contributed by atoms with Crippen molar-refractivity contribution in [1.29, 1.82) is 0 Å². The van der Waals surface area contributed by atoms with E-state index in [2.05, 4.69) is 27.1 Å². The summed E-state index contributed by atoms with van der Waals surface area (Å²) in [7, 11) is 2.10. The Morgan fingerprint density at radius 1 is 1.10 bits per heavy atom. The summed E-state index contributed by atoms with van der Waals surface area (Å²) in [6, 6.07) is 14.3. The number of benzene rings is 2. The molecule has 9 heteroatoms. The highest BCUT2D eigenvalue weighted by molar-refractivity contribution is 6.30. The van der Waals surface area contributed by atoms with Gasteiger partial charge in [0.15, 0.2) is 12.3 Å². The van der Waals surface area contributed by atoms with Crippen LogP contribution in [0.1, 0.15) is 0 Å². The number of hydrogen-bond acceptors (Lipinski definition) is 6. The predicted octanol–water partition coefficient (Wildman–Crippen LogP) is 3.89. The van der Waals surface area contributed by atoms with E-state index in [4.69, 9.17) is 16.3 Å². The number of carbonyl (C=O) groups is 1. The maximum atomic E-state index is 12.1. The maximum absolute atomic E-state index is 12.1. The molecule has 31 heavy (non-hydrogen) atoms. The lowest BCUT2D eigenvalue weighted by molar-refractivity contribution is -0.120. The molecule has 8 nitrogen and oxygen atoms in total. The number of aromatic nitrogens is 1. The van der Waals surface area contributed by atoms with Gasteiger partial charge in [-0.3, -0.25) is 14.3 Å². The van der Waals surface area contributed by atoms with Crippen molar-refractivity contribution < 1.29 is 14.6 Å². The summed E-state index contributed by atoms with van der Waals surface area (Å²) < 4.78 is 7.21. The van der Waals surface area contributed by atoms with E-state index in [-0.39, 0.29) is 18.2 Å². The van der Waals surface area contributed by atoms with Gasteiger partial charge in [-0.1, -0.05) is 29.8 Å². The summed E-state index contributed by atoms with van der Waals surface area (Å²) in [5, 5.41) is 20.0. The Labute approximate surface area is 185 Å². The number of likely N-dealkylation sites (N-methyl/N-ethyl adjacent to an activating group) is 1. The predicted molar refractivity (Wildman–Crippen MR) is 119 cm³/mol. The number of fused-ring (bicyclic) bond motifs is 1. The zero-order chi connectivity index (χ0) is 21.8. The number of para-hydroxylation sites is 1. The van der Waals surface area contributed by atoms with Crippen LogP contribution in [0.4, 0.5) is 5.69 Å². The highest BCUT2D eigenvalue weighted by Crippen LogP contribution is 2.39. The molecule has 2 aromatic carbocycles. The van der Waals surface area contributed by atoms with Gasteiger partial charge in [0.1, 0.15) is 5.75 Å². The molecule has 1 fully saturated rings. The van der Waals surface area contributed by atoms with Crippen LogP contribution in [0.25, 0.3) is 10.9 Å². The molecule has 1 aliphatic heterocycles. The number of nitrogens with zero attached hydrogens (tertiary/aromatic N) is 5. The second-order valence-corrected chi connectivity index (χ2v) is 7.95. The molecule has 1 aromatic heterocycles. The first-order valence-electron chi connectivity index (χ1n) is 10.1. The number of azo groups is 1. The molecule has 1 aliphatic rings. The summed E-state index contributed by atoms with van der Waals surface area (Å²) in [6.07, 6.45) is 0. The number of hydrogen-bond donors (Lipinski definition) is 1. The molecule has 0 spiro atoms. The van der Waals surface area contributed by atoms with Crippen molar-refractivity contribution in [3.63, 3.8) is 0 Å². The number of aromatic hydroxyl groups is 1. The van der Waals surface area contributed by atoms with Gasteiger partial charge in [0.2, 0.25) is 5.88 Å². The van der Waals surface area contributed by atoms with Crippen LogP contribution in [0.15, 0.2) is 58.8 Å². The average Bonchev–Trinajstić information content (AvgIpc) is 3.04. The molecule has 162 valence electrons. The molecule has 3 aromatic rings. The molecule has 4 rings (SSSR count). The van der Waals surface area contributed by atoms with Crippen molar-refractivity contribution in [2.45, 2.75) is 6.67 Å². The first-order valence-corrected chi connectivity index (χ1v) is 10.4. The third-order valence-electron chi connectivity index (χ3n) is 5.29. The zero-order valence-corrected chi connectivity index (χ0v) is 18.0. The van der Waals surface area contributed by atoms with Gasteiger partial charge in [0, 0.05) is 36.6 Å². The number of amides is 1. The molecule has 0 bridgehead atoms. The Morgan fingerprint density at radius 2 is 1.81 bits per heavy atom. The van der Waals surface area contributed by atoms with E-state index in [9.17, 15) is 9.90 Å². The summed E-state index contributed by atoms with van der Waals surface area (Å²) in [6.45, 7) is 4.08. The van der Waals surface area contributed by atoms with E-state index in [0.717, 1.165) is 37.1 Å². The van der Waals surface area contributed by atoms with Crippen molar-refractivity contribution >= 4 is 34.1 Å². The standard InChI is InChI=1S/C22H24ClN5O3/c1-26-10-12-27(13-11-26)15-28-19-5-3-2-4-18(19)21(22(28)30)25-24-20(29)14-31-17-8-6-16(23)7-9-17/h2-9,30H,10-15H2,1H3. The number of rotatable bonds is 6. The van der Waals surface area contributed by atoms with Crippen molar-refractivity contribution in [3.05, 3.63) is 53.6 Å². The first-order chi connectivity index (χ1) is 15.0. The molecular formula is C22H24ClN5O3. The quantitative estimate of drug-likeness (QED) is 0.587. The van der Waals surface area contributed by atoms with Crippen LogP contribution in [0.3, 0.4) is 0 Å². The lowest BCUT2D eigenvalue weighted by Crippen LogP contribution is -2.44. The second kappa shape index (κ2) is 9.47. The smallest absolute Gasteiger partial charge is 0.302 e. The molecule has 0 atom stereocenters. The Bertz CT molecular complexity index is 1090. The average molecular weight is 442 g/mol. The van der Waals surface area contributed by atoms with E-state index < -0.39 is 5.91 Å². The number of piperazine rings is 1. The molecule has 2 heterocycles. The normalized spacial score (nSPS) is 15.7. The van der Waals surface area contributed by atoms with Crippen LogP contribution < -0.4 is 4.74 Å². The molecule has 1 amide bonds. The largest absolute Gasteiger partial charge is 0.493 e. The Balaban J connectivity index is 1.49. The molecule has 0 saturated carbocycles. The van der Waals surface area contributed by atoms with Crippen molar-refractivity contribution in [1.82, 2.24) is 14.4 Å². The highest BCUT2D eigenvalue weighted by atomic mass is 35.5. The summed E-state index contributed by atoms with van der Waals surface area (Å²) in [5.74, 6) is -0.0416. The molecule has 0 aliphatic carbocycles. The third kappa shape index (κ3) is 5.04. The van der Waals surface area contributed by atoms with Crippen LogP contribution >= 0.6 is 11.6 Å². The lowest BCUT2D eigenvalue weighted by atomic mass is 10.2. The van der Waals surface area contributed by atoms with Crippen LogP contribution in [0.5, 0.6) is 11.6 Å². The second-order valence-electron chi connectivity index (χ2n) is 7.52. The molecule has 1 saturated heterocycles. The van der Waals surface area contributed by atoms with Crippen molar-refractivity contribution in [3.8, 4) is 11.6 Å². The van der Waals surface area contributed by atoms with E-state index in [1.165, 1.54) is 0 Å². The monoisotopic (exact) mass is 441 g/mol. The highest BCUT2D eigenvalue weighted by Gasteiger charge is 2.20. The third-order valence-corrected chi connectivity index (χ3v) is 5.54. The minimum absolute atomic E-state index is 0.00435. The van der Waals surface area contributed by atoms with Gasteiger partial charge in [-0.15, -0.1) is 10.2 Å². The molecular weight excluding hydrogens is 418 g/mol. The minimum atomic E-state index is -0.551. The van der Waals surface area contributed by atoms with Crippen LogP contribution in [0, 0.1) is 0 Å². The minimum Gasteiger partial charge on any atom is -0.493 e. The zero-order valence-electron chi connectivity index (χ0n) is 17.2. The molecule has 0 unspecified atom stereocenters. The lowest BCUT2D eigenvalue weighted by Gasteiger charge is -2.32. The van der Waals surface area contributed by atoms with E-state index >= 15 is 0 Å². The van der Waals surface area contributed by atoms with E-state index in [1.807, 2.05) is 28.8 Å². The summed E-state index contributed by atoms with van der Waals surface area (Å²) in [4.78, 5) is 16.7. The van der Waals surface area contributed by atoms with Gasteiger partial charge < -0.3 is 14.7 Å². The van der Waals surface area contributed by atoms with Gasteiger partial charge in [-0.05, 0) is 37.4 Å². The Hall–Kier alpha value is -2.94. The van der Waals surface area contributed by atoms with Gasteiger partial charge in [-0.25, -0.2) is 0 Å². The van der Waals surface area contributed by atoms with Gasteiger partial charge in [0.25, 0.3) is 0 Å². The fourth-order valence-electron chi connectivity index (χ4n) is 3.51. The number of carbonyl (C=O) groups excluding carboxylic acids is 1. The SMILES string of the molecule is CN1CCN(Cn2c(O)c(N=NC(=O)COc3ccc(Cl)cc3)c3ccccc32)CC1. The van der Waals surface area contributed by atoms with Crippen LogP contribution in [-0.2, 0) is 11.5 Å². The first kappa shape index (κ1) is 21.3. The molecule has 0 radical (unpaired) electrons. The Morgan fingerprint density at radius 3 is 2.55 bits per heavy atom. The van der Waals surface area contributed by atoms with Gasteiger partial charge >= 0.3 is 5.91 Å². The van der Waals surface area contributed by atoms with Crippen LogP contribution in [-0.4, -0.2) is 65.2 Å². The fraction of sp³-hybridized carbons (Fsp3) is 0.318. The fourth-order valence-corrected chi connectivity index (χ4v) is 3.64. The molecule has 1 N–H and O–H groups in total. The van der Waals surface area contributed by atoms with Crippen molar-refractivity contribution in [2.24, 2.45) is 10.2 Å². The van der Waals surface area contributed by atoms with E-state index in [0.29, 0.717) is 17.4 Å². The van der Waals surface area contributed by atoms with Crippen molar-refractivity contribution in [2.75, 3.05) is 39.8 Å². The van der Waals surface area contributed by atoms with E-state index in [1.54, 1.807) is 24.3 Å². The number of ether oxygens (including phenoxy) is 1. The Kier molecular flexibility index (Phi) is 6.50. The van der Waals surface area contributed by atoms with Gasteiger partial charge in [0.05, 0.1) is 12.2 Å². The maximum Gasteiger partial charge on any atom is 0.302 e. The summed E-state index contributed by atoms with van der Waals surface area (Å²) in [5.41, 5.74) is 1.13. The number of halogens is 1. The summed E-state index contributed by atoms with van der Waals surface area (Å²) >= 11 is 5.84.